The van der Waals surface area contributed by atoms with Gasteiger partial charge in [0.2, 0.25) is 11.8 Å². The Morgan fingerprint density at radius 1 is 1.03 bits per heavy atom. The third kappa shape index (κ3) is 6.56. The molecule has 0 aliphatic carbocycles. The summed E-state index contributed by atoms with van der Waals surface area (Å²) >= 11 is 0. The van der Waals surface area contributed by atoms with Crippen molar-refractivity contribution in [3.63, 3.8) is 0 Å². The van der Waals surface area contributed by atoms with Crippen molar-refractivity contribution in [3.8, 4) is 0 Å². The van der Waals surface area contributed by atoms with Gasteiger partial charge < -0.3 is 16.0 Å². The minimum Gasteiger partial charge on any atom is -0.326 e. The van der Waals surface area contributed by atoms with Gasteiger partial charge in [0.15, 0.2) is 0 Å². The molecule has 0 bridgehead atoms. The van der Waals surface area contributed by atoms with Gasteiger partial charge in [-0.3, -0.25) is 14.5 Å². The largest absolute Gasteiger partial charge is 0.326 e. The Morgan fingerprint density at radius 2 is 1.66 bits per heavy atom. The molecule has 3 rings (SSSR count). The summed E-state index contributed by atoms with van der Waals surface area (Å²) in [5.41, 5.74) is 3.98. The predicted octanol–water partition coefficient (Wildman–Crippen LogP) is 3.21. The number of anilines is 2. The Kier molecular flexibility index (Phi) is 8.64. The van der Waals surface area contributed by atoms with E-state index in [1.165, 1.54) is 18.1 Å². The van der Waals surface area contributed by atoms with E-state index in [9.17, 15) is 9.59 Å². The minimum atomic E-state index is -0.117. The second-order valence-electron chi connectivity index (χ2n) is 7.09. The normalized spacial score (nSPS) is 16.6. The maximum Gasteiger partial charge on any atom is 0.238 e. The van der Waals surface area contributed by atoms with Crippen molar-refractivity contribution in [3.05, 3.63) is 59.7 Å². The van der Waals surface area contributed by atoms with E-state index in [4.69, 9.17) is 0 Å². The van der Waals surface area contributed by atoms with Crippen LogP contribution >= 0.6 is 12.4 Å². The number of nitrogens with zero attached hydrogens (tertiary/aromatic N) is 1. The molecule has 3 N–H and O–H groups in total. The van der Waals surface area contributed by atoms with Crippen LogP contribution in [0.3, 0.4) is 0 Å². The van der Waals surface area contributed by atoms with Crippen molar-refractivity contribution < 1.29 is 9.59 Å². The summed E-state index contributed by atoms with van der Waals surface area (Å²) in [7, 11) is 0. The van der Waals surface area contributed by atoms with E-state index in [-0.39, 0.29) is 30.3 Å². The Bertz CT molecular complexity index is 809. The molecule has 2 aromatic carbocycles. The second kappa shape index (κ2) is 11.0. The van der Waals surface area contributed by atoms with Gasteiger partial charge in [-0.05, 0) is 41.8 Å². The number of aryl methyl sites for hydroxylation is 1. The van der Waals surface area contributed by atoms with Crippen molar-refractivity contribution in [1.29, 1.82) is 0 Å². The van der Waals surface area contributed by atoms with E-state index >= 15 is 0 Å². The Morgan fingerprint density at radius 3 is 2.24 bits per heavy atom. The first-order valence-corrected chi connectivity index (χ1v) is 9.76. The number of carbonyl (C=O) groups excluding carboxylic acids is 2. The van der Waals surface area contributed by atoms with E-state index in [2.05, 4.69) is 52.0 Å². The standard InChI is InChI=1S/C22H28N4O2.ClH/c1-3-17-4-6-18(7-5-17)21-14-23-12-13-26(21)15-22(28)25-20-10-8-19(9-11-20)24-16(2)27;/h4-11,21,23H,3,12-15H2,1-2H3,(H,24,27)(H,25,28);1H. The third-order valence-corrected chi connectivity index (χ3v) is 4.96. The lowest BCUT2D eigenvalue weighted by Crippen LogP contribution is -2.48. The van der Waals surface area contributed by atoms with E-state index in [0.717, 1.165) is 31.7 Å². The van der Waals surface area contributed by atoms with Crippen LogP contribution in [-0.2, 0) is 16.0 Å². The van der Waals surface area contributed by atoms with Crippen LogP contribution in [-0.4, -0.2) is 42.9 Å². The summed E-state index contributed by atoms with van der Waals surface area (Å²) < 4.78 is 0. The lowest BCUT2D eigenvalue weighted by molar-refractivity contribution is -0.118. The molecule has 6 nitrogen and oxygen atoms in total. The molecular formula is C22H29ClN4O2. The monoisotopic (exact) mass is 416 g/mol. The Labute approximate surface area is 178 Å². The highest BCUT2D eigenvalue weighted by atomic mass is 35.5. The van der Waals surface area contributed by atoms with E-state index in [1.54, 1.807) is 24.3 Å². The van der Waals surface area contributed by atoms with Crippen LogP contribution in [0.15, 0.2) is 48.5 Å². The Balaban J connectivity index is 0.00000300. The van der Waals surface area contributed by atoms with Gasteiger partial charge in [0.1, 0.15) is 0 Å². The van der Waals surface area contributed by atoms with Crippen LogP contribution in [0.1, 0.15) is 31.0 Å². The summed E-state index contributed by atoms with van der Waals surface area (Å²) in [6, 6.07) is 16.0. The van der Waals surface area contributed by atoms with Gasteiger partial charge in [0.05, 0.1) is 6.54 Å². The summed E-state index contributed by atoms with van der Waals surface area (Å²) in [6.07, 6.45) is 1.02. The van der Waals surface area contributed by atoms with Gasteiger partial charge in [-0.25, -0.2) is 0 Å². The molecule has 2 amide bonds. The zero-order valence-electron chi connectivity index (χ0n) is 16.9. The molecule has 1 unspecified atom stereocenters. The summed E-state index contributed by atoms with van der Waals surface area (Å²) in [5.74, 6) is -0.155. The molecule has 0 spiro atoms. The highest BCUT2D eigenvalue weighted by molar-refractivity contribution is 5.93. The topological polar surface area (TPSA) is 73.5 Å². The summed E-state index contributed by atoms with van der Waals surface area (Å²) in [5, 5.41) is 9.09. The number of hydrogen-bond acceptors (Lipinski definition) is 4. The number of carbonyl (C=O) groups is 2. The molecule has 156 valence electrons. The average Bonchev–Trinajstić information content (AvgIpc) is 2.69. The van der Waals surface area contributed by atoms with Crippen LogP contribution in [0.5, 0.6) is 0 Å². The first kappa shape index (κ1) is 22.9. The smallest absolute Gasteiger partial charge is 0.238 e. The van der Waals surface area contributed by atoms with E-state index < -0.39 is 0 Å². The molecule has 0 aromatic heterocycles. The highest BCUT2D eigenvalue weighted by Crippen LogP contribution is 2.23. The molecule has 0 radical (unpaired) electrons. The molecule has 1 aliphatic heterocycles. The second-order valence-corrected chi connectivity index (χ2v) is 7.09. The van der Waals surface area contributed by atoms with Crippen LogP contribution < -0.4 is 16.0 Å². The molecule has 29 heavy (non-hydrogen) atoms. The fourth-order valence-corrected chi connectivity index (χ4v) is 3.46. The molecule has 2 aromatic rings. The van der Waals surface area contributed by atoms with E-state index in [1.807, 2.05) is 0 Å². The fraction of sp³-hybridized carbons (Fsp3) is 0.364. The number of halogens is 1. The zero-order chi connectivity index (χ0) is 19.9. The molecule has 1 saturated heterocycles. The first-order valence-electron chi connectivity index (χ1n) is 9.76. The van der Waals surface area contributed by atoms with Crippen molar-refractivity contribution >= 4 is 35.6 Å². The molecule has 1 atom stereocenters. The van der Waals surface area contributed by atoms with Gasteiger partial charge in [-0.2, -0.15) is 0 Å². The zero-order valence-corrected chi connectivity index (χ0v) is 17.7. The highest BCUT2D eigenvalue weighted by Gasteiger charge is 2.25. The van der Waals surface area contributed by atoms with Crippen molar-refractivity contribution in [1.82, 2.24) is 10.2 Å². The molecule has 7 heteroatoms. The number of rotatable bonds is 6. The van der Waals surface area contributed by atoms with Gasteiger partial charge in [-0.1, -0.05) is 31.2 Å². The SMILES string of the molecule is CCc1ccc(C2CNCCN2CC(=O)Nc2ccc(NC(C)=O)cc2)cc1.Cl. The van der Waals surface area contributed by atoms with Gasteiger partial charge >= 0.3 is 0 Å². The number of hydrogen-bond donors (Lipinski definition) is 3. The molecular weight excluding hydrogens is 388 g/mol. The lowest BCUT2D eigenvalue weighted by Gasteiger charge is -2.36. The van der Waals surface area contributed by atoms with Crippen LogP contribution in [0.25, 0.3) is 0 Å². The van der Waals surface area contributed by atoms with Crippen LogP contribution in [0, 0.1) is 0 Å². The maximum absolute atomic E-state index is 12.6. The first-order chi connectivity index (χ1) is 13.5. The van der Waals surface area contributed by atoms with Crippen LogP contribution in [0.4, 0.5) is 11.4 Å². The third-order valence-electron chi connectivity index (χ3n) is 4.96. The van der Waals surface area contributed by atoms with E-state index in [0.29, 0.717) is 12.2 Å². The molecule has 1 aliphatic rings. The van der Waals surface area contributed by atoms with Gasteiger partial charge in [0.25, 0.3) is 0 Å². The molecule has 1 fully saturated rings. The Hall–Kier alpha value is -2.41. The lowest BCUT2D eigenvalue weighted by atomic mass is 10.0. The van der Waals surface area contributed by atoms with Crippen molar-refractivity contribution in [2.75, 3.05) is 36.8 Å². The predicted molar refractivity (Wildman–Crippen MR) is 120 cm³/mol. The van der Waals surface area contributed by atoms with Crippen molar-refractivity contribution in [2.24, 2.45) is 0 Å². The number of piperazine rings is 1. The number of nitrogens with one attached hydrogen (secondary N) is 3. The molecule has 0 saturated carbocycles. The summed E-state index contributed by atoms with van der Waals surface area (Å²) in [4.78, 5) is 25.9. The van der Waals surface area contributed by atoms with Gasteiger partial charge in [-0.15, -0.1) is 12.4 Å². The number of amides is 2. The maximum atomic E-state index is 12.6. The quantitative estimate of drug-likeness (QED) is 0.676. The summed E-state index contributed by atoms with van der Waals surface area (Å²) in [6.45, 7) is 6.50. The van der Waals surface area contributed by atoms with Crippen molar-refractivity contribution in [2.45, 2.75) is 26.3 Å². The average molecular weight is 417 g/mol. The number of benzene rings is 2. The van der Waals surface area contributed by atoms with Crippen LogP contribution in [0.2, 0.25) is 0 Å². The van der Waals surface area contributed by atoms with Gasteiger partial charge in [0, 0.05) is 44.0 Å². The minimum absolute atomic E-state index is 0. The molecule has 1 heterocycles. The fourth-order valence-electron chi connectivity index (χ4n) is 3.46.